The average Bonchev–Trinajstić information content (AvgIpc) is 2.35. The van der Waals surface area contributed by atoms with E-state index >= 15 is 0 Å². The number of likely N-dealkylation sites (N-methyl/N-ethyl adjacent to an activating group) is 1. The van der Waals surface area contributed by atoms with Crippen LogP contribution in [0.3, 0.4) is 0 Å². The molecule has 0 bridgehead atoms. The van der Waals surface area contributed by atoms with Crippen LogP contribution < -0.4 is 5.32 Å². The standard InChI is InChI=1S/C7H12ClNO/c1-9-7(6(8)10)4-2-3-5-7/h9H,2-5H2,1H3. The van der Waals surface area contributed by atoms with Crippen LogP contribution in [-0.2, 0) is 4.79 Å². The van der Waals surface area contributed by atoms with Crippen LogP contribution in [0.2, 0.25) is 0 Å². The van der Waals surface area contributed by atoms with Crippen LogP contribution in [0, 0.1) is 0 Å². The van der Waals surface area contributed by atoms with Crippen molar-refractivity contribution in [3.63, 3.8) is 0 Å². The molecule has 1 N–H and O–H groups in total. The first-order valence-electron chi connectivity index (χ1n) is 3.60. The van der Waals surface area contributed by atoms with E-state index in [1.807, 2.05) is 0 Å². The highest BCUT2D eigenvalue weighted by Gasteiger charge is 2.38. The summed E-state index contributed by atoms with van der Waals surface area (Å²) in [6.07, 6.45) is 4.01. The summed E-state index contributed by atoms with van der Waals surface area (Å²) in [5.74, 6) is 0. The molecule has 0 aromatic rings. The summed E-state index contributed by atoms with van der Waals surface area (Å²) in [5, 5.41) is 2.77. The quantitative estimate of drug-likeness (QED) is 0.619. The lowest BCUT2D eigenvalue weighted by atomic mass is 10.0. The minimum atomic E-state index is -0.387. The Hall–Kier alpha value is -0.0800. The molecule has 3 heteroatoms. The molecule has 0 saturated heterocycles. The van der Waals surface area contributed by atoms with E-state index in [1.165, 1.54) is 0 Å². The molecule has 1 saturated carbocycles. The number of nitrogens with one attached hydrogen (secondary N) is 1. The molecular weight excluding hydrogens is 150 g/mol. The second-order valence-electron chi connectivity index (χ2n) is 2.81. The predicted molar refractivity (Wildman–Crippen MR) is 41.1 cm³/mol. The Bertz CT molecular complexity index is 141. The van der Waals surface area contributed by atoms with Gasteiger partial charge >= 0.3 is 0 Å². The van der Waals surface area contributed by atoms with Gasteiger partial charge in [-0.1, -0.05) is 12.8 Å². The molecule has 0 heterocycles. The molecule has 0 atom stereocenters. The molecule has 58 valence electrons. The molecule has 2 nitrogen and oxygen atoms in total. The van der Waals surface area contributed by atoms with Gasteiger partial charge in [0.2, 0.25) is 5.24 Å². The van der Waals surface area contributed by atoms with Gasteiger partial charge < -0.3 is 5.32 Å². The van der Waals surface area contributed by atoms with Crippen LogP contribution in [0.5, 0.6) is 0 Å². The van der Waals surface area contributed by atoms with E-state index in [9.17, 15) is 4.79 Å². The first-order valence-corrected chi connectivity index (χ1v) is 3.98. The molecule has 1 aliphatic carbocycles. The lowest BCUT2D eigenvalue weighted by Gasteiger charge is -2.22. The van der Waals surface area contributed by atoms with E-state index in [1.54, 1.807) is 7.05 Å². The number of hydrogen-bond donors (Lipinski definition) is 1. The summed E-state index contributed by atoms with van der Waals surface area (Å²) >= 11 is 5.44. The van der Waals surface area contributed by atoms with Gasteiger partial charge in [0.05, 0.1) is 5.54 Å². The first kappa shape index (κ1) is 8.02. The van der Waals surface area contributed by atoms with E-state index in [-0.39, 0.29) is 10.8 Å². The van der Waals surface area contributed by atoms with Crippen molar-refractivity contribution in [3.8, 4) is 0 Å². The van der Waals surface area contributed by atoms with Gasteiger partial charge in [-0.3, -0.25) is 4.79 Å². The summed E-state index contributed by atoms with van der Waals surface area (Å²) in [7, 11) is 1.80. The third-order valence-electron chi connectivity index (χ3n) is 2.31. The Labute approximate surface area is 65.9 Å². The highest BCUT2D eigenvalue weighted by molar-refractivity contribution is 6.65. The van der Waals surface area contributed by atoms with E-state index in [0.29, 0.717) is 0 Å². The van der Waals surface area contributed by atoms with Crippen molar-refractivity contribution in [1.82, 2.24) is 5.32 Å². The molecule has 0 aliphatic heterocycles. The summed E-state index contributed by atoms with van der Waals surface area (Å²) in [6.45, 7) is 0. The maximum Gasteiger partial charge on any atom is 0.241 e. The summed E-state index contributed by atoms with van der Waals surface area (Å²) < 4.78 is 0. The minimum Gasteiger partial charge on any atom is -0.307 e. The summed E-state index contributed by atoms with van der Waals surface area (Å²) in [4.78, 5) is 10.9. The molecule has 0 unspecified atom stereocenters. The minimum absolute atomic E-state index is 0.229. The fraction of sp³-hybridized carbons (Fsp3) is 0.857. The Kier molecular flexibility index (Phi) is 2.32. The van der Waals surface area contributed by atoms with Gasteiger partial charge in [-0.05, 0) is 31.5 Å². The van der Waals surface area contributed by atoms with E-state index in [0.717, 1.165) is 25.7 Å². The van der Waals surface area contributed by atoms with E-state index < -0.39 is 0 Å². The van der Waals surface area contributed by atoms with Gasteiger partial charge in [-0.25, -0.2) is 0 Å². The molecule has 0 aromatic carbocycles. The molecule has 0 aromatic heterocycles. The average molecular weight is 162 g/mol. The predicted octanol–water partition coefficient (Wildman–Crippen LogP) is 1.28. The Morgan fingerprint density at radius 3 is 2.20 bits per heavy atom. The van der Waals surface area contributed by atoms with Gasteiger partial charge in [-0.2, -0.15) is 0 Å². The van der Waals surface area contributed by atoms with Crippen LogP contribution in [0.15, 0.2) is 0 Å². The zero-order valence-corrected chi connectivity index (χ0v) is 6.87. The highest BCUT2D eigenvalue weighted by Crippen LogP contribution is 2.30. The van der Waals surface area contributed by atoms with Crippen LogP contribution in [0.1, 0.15) is 25.7 Å². The van der Waals surface area contributed by atoms with Crippen molar-refractivity contribution in [1.29, 1.82) is 0 Å². The number of halogens is 1. The normalized spacial score (nSPS) is 23.0. The lowest BCUT2D eigenvalue weighted by molar-refractivity contribution is -0.117. The van der Waals surface area contributed by atoms with Gasteiger partial charge in [-0.15, -0.1) is 0 Å². The molecule has 0 amide bonds. The third kappa shape index (κ3) is 1.18. The maximum atomic E-state index is 10.9. The Morgan fingerprint density at radius 2 is 2.00 bits per heavy atom. The largest absolute Gasteiger partial charge is 0.307 e. The van der Waals surface area contributed by atoms with Crippen LogP contribution >= 0.6 is 11.6 Å². The molecule has 1 rings (SSSR count). The van der Waals surface area contributed by atoms with Gasteiger partial charge in [0.25, 0.3) is 0 Å². The molecule has 0 radical (unpaired) electrons. The maximum absolute atomic E-state index is 10.9. The molecule has 1 fully saturated rings. The SMILES string of the molecule is CNC1(C(=O)Cl)CCCC1. The van der Waals surface area contributed by atoms with Crippen LogP contribution in [0.25, 0.3) is 0 Å². The van der Waals surface area contributed by atoms with Crippen LogP contribution in [0.4, 0.5) is 0 Å². The van der Waals surface area contributed by atoms with E-state index in [2.05, 4.69) is 5.32 Å². The fourth-order valence-electron chi connectivity index (χ4n) is 1.52. The van der Waals surface area contributed by atoms with Crippen LogP contribution in [-0.4, -0.2) is 17.8 Å². The number of rotatable bonds is 2. The topological polar surface area (TPSA) is 29.1 Å². The number of carbonyl (C=O) groups is 1. The second-order valence-corrected chi connectivity index (χ2v) is 3.16. The smallest absolute Gasteiger partial charge is 0.241 e. The molecular formula is C7H12ClNO. The van der Waals surface area contributed by atoms with Crippen molar-refractivity contribution in [2.75, 3.05) is 7.05 Å². The molecule has 10 heavy (non-hydrogen) atoms. The number of carbonyl (C=O) groups excluding carboxylic acids is 1. The zero-order valence-electron chi connectivity index (χ0n) is 6.11. The Balaban J connectivity index is 2.67. The third-order valence-corrected chi connectivity index (χ3v) is 2.67. The summed E-state index contributed by atoms with van der Waals surface area (Å²) in [5.41, 5.74) is -0.387. The molecule has 0 spiro atoms. The van der Waals surface area contributed by atoms with Gasteiger partial charge in [0, 0.05) is 0 Å². The fourth-order valence-corrected chi connectivity index (χ4v) is 1.81. The summed E-state index contributed by atoms with van der Waals surface area (Å²) in [6, 6.07) is 0. The molecule has 1 aliphatic rings. The monoisotopic (exact) mass is 161 g/mol. The zero-order chi connectivity index (χ0) is 7.61. The van der Waals surface area contributed by atoms with Crippen molar-refractivity contribution >= 4 is 16.8 Å². The van der Waals surface area contributed by atoms with Crippen molar-refractivity contribution in [2.45, 2.75) is 31.2 Å². The van der Waals surface area contributed by atoms with Crippen molar-refractivity contribution in [3.05, 3.63) is 0 Å². The highest BCUT2D eigenvalue weighted by atomic mass is 35.5. The van der Waals surface area contributed by atoms with Crippen molar-refractivity contribution in [2.24, 2.45) is 0 Å². The number of hydrogen-bond acceptors (Lipinski definition) is 2. The lowest BCUT2D eigenvalue weighted by Crippen LogP contribution is -2.45. The van der Waals surface area contributed by atoms with Crippen molar-refractivity contribution < 1.29 is 4.79 Å². The van der Waals surface area contributed by atoms with Gasteiger partial charge in [0.15, 0.2) is 0 Å². The first-order chi connectivity index (χ1) is 4.71. The van der Waals surface area contributed by atoms with Gasteiger partial charge in [0.1, 0.15) is 0 Å². The Morgan fingerprint density at radius 1 is 1.50 bits per heavy atom. The second kappa shape index (κ2) is 2.89. The van der Waals surface area contributed by atoms with E-state index in [4.69, 9.17) is 11.6 Å².